The van der Waals surface area contributed by atoms with Gasteiger partial charge in [-0.1, -0.05) is 6.92 Å². The van der Waals surface area contributed by atoms with Crippen LogP contribution in [0.1, 0.15) is 31.7 Å². The smallest absolute Gasteiger partial charge is 0.370 e. The maximum Gasteiger partial charge on any atom is 0.417 e. The van der Waals surface area contributed by atoms with Crippen LogP contribution in [0.25, 0.3) is 0 Å². The van der Waals surface area contributed by atoms with Crippen molar-refractivity contribution >= 4 is 35.8 Å². The highest BCUT2D eigenvalue weighted by molar-refractivity contribution is 14.0. The zero-order valence-electron chi connectivity index (χ0n) is 15.4. The minimum Gasteiger partial charge on any atom is -0.370 e. The second-order valence-corrected chi connectivity index (χ2v) is 6.29. The largest absolute Gasteiger partial charge is 0.417 e. The van der Waals surface area contributed by atoms with Crippen LogP contribution in [0.5, 0.6) is 0 Å². The molecule has 1 saturated heterocycles. The first-order chi connectivity index (χ1) is 12.4. The van der Waals surface area contributed by atoms with Crippen LogP contribution in [-0.4, -0.2) is 54.6 Å². The Labute approximate surface area is 175 Å². The molecule has 0 radical (unpaired) electrons. The number of pyridine rings is 1. The van der Waals surface area contributed by atoms with E-state index in [1.54, 1.807) is 0 Å². The van der Waals surface area contributed by atoms with Crippen LogP contribution in [0.3, 0.4) is 0 Å². The number of nitrogens with two attached hydrogens (primary N) is 1. The van der Waals surface area contributed by atoms with Gasteiger partial charge in [0.05, 0.1) is 12.1 Å². The standard InChI is InChI=1S/C17H27F3N6.HI/c1-2-26-10-3-5-14(26)12-25-16(21)23-9-4-8-22-15-7-6-13(11-24-15)17(18,19)20;/h6-7,11,14H,2-5,8-10,12H2,1H3,(H,22,24)(H3,21,23,25);1H. The van der Waals surface area contributed by atoms with Gasteiger partial charge in [0, 0.05) is 25.3 Å². The van der Waals surface area contributed by atoms with Crippen molar-refractivity contribution < 1.29 is 13.2 Å². The van der Waals surface area contributed by atoms with Crippen molar-refractivity contribution in [1.82, 2.24) is 15.2 Å². The molecule has 1 aliphatic heterocycles. The van der Waals surface area contributed by atoms with E-state index in [0.717, 1.165) is 38.2 Å². The zero-order chi connectivity index (χ0) is 19.0. The number of hydrogen-bond donors (Lipinski definition) is 3. The molecule has 1 atom stereocenters. The molecular formula is C17H28F3IN6. The molecule has 2 rings (SSSR count). The maximum atomic E-state index is 12.5. The topological polar surface area (TPSA) is 78.6 Å². The predicted molar refractivity (Wildman–Crippen MR) is 113 cm³/mol. The number of rotatable bonds is 8. The molecule has 1 fully saturated rings. The Morgan fingerprint density at radius 1 is 1.37 bits per heavy atom. The summed E-state index contributed by atoms with van der Waals surface area (Å²) in [6.07, 6.45) is -0.421. The Hall–Kier alpha value is -1.30. The van der Waals surface area contributed by atoms with E-state index in [0.29, 0.717) is 37.5 Å². The number of nitrogens with zero attached hydrogens (tertiary/aromatic N) is 3. The van der Waals surface area contributed by atoms with Crippen LogP contribution in [0, 0.1) is 0 Å². The number of nitrogens with one attached hydrogen (secondary N) is 2. The molecule has 0 spiro atoms. The van der Waals surface area contributed by atoms with E-state index in [9.17, 15) is 13.2 Å². The van der Waals surface area contributed by atoms with Gasteiger partial charge in [-0.05, 0) is 44.5 Å². The summed E-state index contributed by atoms with van der Waals surface area (Å²) >= 11 is 0. The van der Waals surface area contributed by atoms with Gasteiger partial charge in [-0.3, -0.25) is 9.89 Å². The fraction of sp³-hybridized carbons (Fsp3) is 0.647. The van der Waals surface area contributed by atoms with Gasteiger partial charge in [-0.15, -0.1) is 24.0 Å². The molecule has 27 heavy (non-hydrogen) atoms. The zero-order valence-corrected chi connectivity index (χ0v) is 17.8. The van der Waals surface area contributed by atoms with Gasteiger partial charge < -0.3 is 16.4 Å². The van der Waals surface area contributed by atoms with Crippen LogP contribution in [0.2, 0.25) is 0 Å². The van der Waals surface area contributed by atoms with E-state index >= 15 is 0 Å². The highest BCUT2D eigenvalue weighted by Gasteiger charge is 2.30. The van der Waals surface area contributed by atoms with Gasteiger partial charge in [0.25, 0.3) is 0 Å². The second-order valence-electron chi connectivity index (χ2n) is 6.29. The molecule has 2 heterocycles. The molecule has 1 unspecified atom stereocenters. The monoisotopic (exact) mass is 500 g/mol. The maximum absolute atomic E-state index is 12.5. The molecule has 0 aromatic carbocycles. The van der Waals surface area contributed by atoms with Crippen LogP contribution in [0.4, 0.5) is 19.0 Å². The lowest BCUT2D eigenvalue weighted by Crippen LogP contribution is -2.36. The third-order valence-corrected chi connectivity index (χ3v) is 4.43. The SMILES string of the molecule is CCN1CCCC1CN=C(N)NCCCNc1ccc(C(F)(F)F)cn1.I. The highest BCUT2D eigenvalue weighted by Crippen LogP contribution is 2.28. The first-order valence-electron chi connectivity index (χ1n) is 8.95. The molecule has 0 aliphatic carbocycles. The predicted octanol–water partition coefficient (Wildman–Crippen LogP) is 2.91. The Morgan fingerprint density at radius 3 is 2.78 bits per heavy atom. The summed E-state index contributed by atoms with van der Waals surface area (Å²) in [6, 6.07) is 2.82. The second kappa shape index (κ2) is 11.5. The Morgan fingerprint density at radius 2 is 2.15 bits per heavy atom. The van der Waals surface area contributed by atoms with E-state index < -0.39 is 11.7 Å². The third-order valence-electron chi connectivity index (χ3n) is 4.43. The molecule has 10 heteroatoms. The average molecular weight is 500 g/mol. The molecule has 1 aliphatic rings. The summed E-state index contributed by atoms with van der Waals surface area (Å²) in [6.45, 7) is 6.24. The number of likely N-dealkylation sites (tertiary alicyclic amines) is 1. The van der Waals surface area contributed by atoms with Crippen molar-refractivity contribution in [3.05, 3.63) is 23.9 Å². The molecule has 0 saturated carbocycles. The number of alkyl halides is 3. The summed E-state index contributed by atoms with van der Waals surface area (Å²) < 4.78 is 37.4. The Bertz CT molecular complexity index is 579. The molecule has 0 amide bonds. The summed E-state index contributed by atoms with van der Waals surface area (Å²) in [5, 5.41) is 6.04. The van der Waals surface area contributed by atoms with Crippen molar-refractivity contribution in [2.45, 2.75) is 38.4 Å². The Balaban J connectivity index is 0.00000364. The molecule has 1 aromatic heterocycles. The normalized spacial score (nSPS) is 18.2. The number of likely N-dealkylation sites (N-methyl/N-ethyl adjacent to an activating group) is 1. The fourth-order valence-electron chi connectivity index (χ4n) is 2.97. The van der Waals surface area contributed by atoms with Crippen LogP contribution in [0.15, 0.2) is 23.3 Å². The van der Waals surface area contributed by atoms with E-state index in [2.05, 4.69) is 32.4 Å². The van der Waals surface area contributed by atoms with Crippen LogP contribution < -0.4 is 16.4 Å². The third kappa shape index (κ3) is 8.08. The number of aliphatic imine (C=N–C) groups is 1. The van der Waals surface area contributed by atoms with E-state index in [-0.39, 0.29) is 24.0 Å². The number of anilines is 1. The molecule has 1 aromatic rings. The van der Waals surface area contributed by atoms with E-state index in [1.807, 2.05) is 0 Å². The molecule has 6 nitrogen and oxygen atoms in total. The summed E-state index contributed by atoms with van der Waals surface area (Å²) in [5.41, 5.74) is 5.12. The van der Waals surface area contributed by atoms with Crippen LogP contribution >= 0.6 is 24.0 Å². The first kappa shape index (κ1) is 23.7. The minimum absolute atomic E-state index is 0. The highest BCUT2D eigenvalue weighted by atomic mass is 127. The molecular weight excluding hydrogens is 472 g/mol. The lowest BCUT2D eigenvalue weighted by molar-refractivity contribution is -0.137. The minimum atomic E-state index is -4.36. The molecule has 4 N–H and O–H groups in total. The van der Waals surface area contributed by atoms with E-state index in [1.165, 1.54) is 12.5 Å². The lowest BCUT2D eigenvalue weighted by atomic mass is 10.2. The van der Waals surface area contributed by atoms with Gasteiger partial charge in [-0.2, -0.15) is 13.2 Å². The molecule has 0 bridgehead atoms. The van der Waals surface area contributed by atoms with Crippen molar-refractivity contribution in [1.29, 1.82) is 0 Å². The molecule has 154 valence electrons. The number of hydrogen-bond acceptors (Lipinski definition) is 4. The number of guanidine groups is 1. The lowest BCUT2D eigenvalue weighted by Gasteiger charge is -2.20. The summed E-state index contributed by atoms with van der Waals surface area (Å²) in [5.74, 6) is 0.848. The van der Waals surface area contributed by atoms with Crippen molar-refractivity contribution in [2.24, 2.45) is 10.7 Å². The first-order valence-corrected chi connectivity index (χ1v) is 8.95. The van der Waals surface area contributed by atoms with Gasteiger partial charge in [0.1, 0.15) is 5.82 Å². The van der Waals surface area contributed by atoms with Gasteiger partial charge >= 0.3 is 6.18 Å². The fourth-order valence-corrected chi connectivity index (χ4v) is 2.97. The summed E-state index contributed by atoms with van der Waals surface area (Å²) in [7, 11) is 0. The van der Waals surface area contributed by atoms with Crippen LogP contribution in [-0.2, 0) is 6.18 Å². The quantitative estimate of drug-likeness (QED) is 0.222. The number of aromatic nitrogens is 1. The van der Waals surface area contributed by atoms with Gasteiger partial charge in [-0.25, -0.2) is 4.98 Å². The van der Waals surface area contributed by atoms with Gasteiger partial charge in [0.15, 0.2) is 5.96 Å². The summed E-state index contributed by atoms with van der Waals surface area (Å²) in [4.78, 5) is 10.6. The van der Waals surface area contributed by atoms with Crippen molar-refractivity contribution in [2.75, 3.05) is 38.0 Å². The number of halogens is 4. The van der Waals surface area contributed by atoms with E-state index in [4.69, 9.17) is 5.73 Å². The van der Waals surface area contributed by atoms with Crippen molar-refractivity contribution in [3.63, 3.8) is 0 Å². The van der Waals surface area contributed by atoms with Crippen molar-refractivity contribution in [3.8, 4) is 0 Å². The van der Waals surface area contributed by atoms with Gasteiger partial charge in [0.2, 0.25) is 0 Å². The average Bonchev–Trinajstić information content (AvgIpc) is 3.07. The Kier molecular flexibility index (Phi) is 10.1.